The topological polar surface area (TPSA) is 80.0 Å². The first-order chi connectivity index (χ1) is 9.11. The number of carbonyl (C=O) groups excluding carboxylic acids is 1. The highest BCUT2D eigenvalue weighted by Gasteiger charge is 2.09. The minimum absolute atomic E-state index is 0.145. The first-order valence-corrected chi connectivity index (χ1v) is 6.17. The van der Waals surface area contributed by atoms with Crippen molar-refractivity contribution in [3.63, 3.8) is 0 Å². The molecular formula is C14H9BrN2O2. The molecule has 19 heavy (non-hydrogen) atoms. The van der Waals surface area contributed by atoms with E-state index in [9.17, 15) is 4.79 Å². The van der Waals surface area contributed by atoms with Crippen molar-refractivity contribution in [1.29, 1.82) is 5.26 Å². The molecule has 0 radical (unpaired) electrons. The molecule has 2 N–H and O–H groups in total. The smallest absolute Gasteiger partial charge is 0.259 e. The molecule has 0 aliphatic rings. The van der Waals surface area contributed by atoms with E-state index < -0.39 is 5.91 Å². The SMILES string of the molecule is N#CC(=Cc1ccc(-c2ccccc2Br)o1)C(N)=O. The predicted octanol–water partition coefficient (Wildman–Crippen LogP) is 3.10. The second-order valence-corrected chi connectivity index (χ2v) is 4.57. The molecule has 1 heterocycles. The number of nitrogens with zero attached hydrogens (tertiary/aromatic N) is 1. The molecule has 0 aliphatic carbocycles. The van der Waals surface area contributed by atoms with Crippen LogP contribution >= 0.6 is 15.9 Å². The van der Waals surface area contributed by atoms with Crippen LogP contribution in [0.4, 0.5) is 0 Å². The van der Waals surface area contributed by atoms with Gasteiger partial charge in [0.25, 0.3) is 5.91 Å². The van der Waals surface area contributed by atoms with Crippen LogP contribution in [0.2, 0.25) is 0 Å². The summed E-state index contributed by atoms with van der Waals surface area (Å²) in [5.41, 5.74) is 5.80. The third-order valence-corrected chi connectivity index (χ3v) is 3.13. The van der Waals surface area contributed by atoms with Crippen molar-refractivity contribution in [1.82, 2.24) is 0 Å². The fourth-order valence-electron chi connectivity index (χ4n) is 1.54. The molecule has 0 fully saturated rings. The largest absolute Gasteiger partial charge is 0.457 e. The summed E-state index contributed by atoms with van der Waals surface area (Å²) >= 11 is 3.43. The van der Waals surface area contributed by atoms with E-state index >= 15 is 0 Å². The Kier molecular flexibility index (Phi) is 3.83. The minimum atomic E-state index is -0.777. The number of primary amides is 1. The van der Waals surface area contributed by atoms with Crippen molar-refractivity contribution in [2.75, 3.05) is 0 Å². The summed E-state index contributed by atoms with van der Waals surface area (Å²) in [5, 5.41) is 8.76. The molecular weight excluding hydrogens is 308 g/mol. The third-order valence-electron chi connectivity index (χ3n) is 2.44. The van der Waals surface area contributed by atoms with E-state index in [1.54, 1.807) is 18.2 Å². The van der Waals surface area contributed by atoms with Crippen LogP contribution in [-0.2, 0) is 4.79 Å². The molecule has 2 rings (SSSR count). The van der Waals surface area contributed by atoms with E-state index in [4.69, 9.17) is 15.4 Å². The zero-order valence-electron chi connectivity index (χ0n) is 9.76. The Morgan fingerprint density at radius 1 is 1.32 bits per heavy atom. The van der Waals surface area contributed by atoms with Gasteiger partial charge in [-0.1, -0.05) is 34.1 Å². The number of halogens is 1. The molecule has 0 unspecified atom stereocenters. The van der Waals surface area contributed by atoms with Gasteiger partial charge in [-0.05, 0) is 18.2 Å². The zero-order chi connectivity index (χ0) is 13.8. The number of rotatable bonds is 3. The van der Waals surface area contributed by atoms with E-state index in [1.807, 2.05) is 24.3 Å². The molecule has 0 aliphatic heterocycles. The van der Waals surface area contributed by atoms with Crippen molar-refractivity contribution >= 4 is 27.9 Å². The van der Waals surface area contributed by atoms with E-state index in [-0.39, 0.29) is 5.57 Å². The molecule has 0 saturated carbocycles. The summed E-state index contributed by atoms with van der Waals surface area (Å²) in [7, 11) is 0. The second kappa shape index (κ2) is 5.55. The van der Waals surface area contributed by atoms with E-state index in [1.165, 1.54) is 6.08 Å². The van der Waals surface area contributed by atoms with Gasteiger partial charge in [-0.15, -0.1) is 0 Å². The first kappa shape index (κ1) is 13.1. The monoisotopic (exact) mass is 316 g/mol. The van der Waals surface area contributed by atoms with Gasteiger partial charge in [0.1, 0.15) is 23.2 Å². The Morgan fingerprint density at radius 3 is 2.68 bits per heavy atom. The lowest BCUT2D eigenvalue weighted by atomic mass is 10.2. The summed E-state index contributed by atoms with van der Waals surface area (Å²) in [4.78, 5) is 10.9. The third kappa shape index (κ3) is 2.92. The number of hydrogen-bond acceptors (Lipinski definition) is 3. The molecule has 0 atom stereocenters. The Labute approximate surface area is 118 Å². The molecule has 1 aromatic carbocycles. The van der Waals surface area contributed by atoms with Crippen molar-refractivity contribution in [3.8, 4) is 17.4 Å². The molecule has 1 amide bonds. The molecule has 4 nitrogen and oxygen atoms in total. The number of nitriles is 1. The summed E-state index contributed by atoms with van der Waals surface area (Å²) in [6.45, 7) is 0. The predicted molar refractivity (Wildman–Crippen MR) is 74.6 cm³/mol. The van der Waals surface area contributed by atoms with E-state index in [0.717, 1.165) is 10.0 Å². The molecule has 0 spiro atoms. The zero-order valence-corrected chi connectivity index (χ0v) is 11.3. The van der Waals surface area contributed by atoms with Gasteiger partial charge in [0.05, 0.1) is 0 Å². The number of carbonyl (C=O) groups is 1. The summed E-state index contributed by atoms with van der Waals surface area (Å²) in [6.07, 6.45) is 1.32. The number of benzene rings is 1. The molecule has 5 heteroatoms. The van der Waals surface area contributed by atoms with Crippen LogP contribution in [0.15, 0.2) is 50.9 Å². The van der Waals surface area contributed by atoms with Crippen LogP contribution in [0.25, 0.3) is 17.4 Å². The number of amides is 1. The van der Waals surface area contributed by atoms with Crippen LogP contribution in [0.1, 0.15) is 5.76 Å². The van der Waals surface area contributed by atoms with Crippen molar-refractivity contribution in [2.45, 2.75) is 0 Å². The van der Waals surface area contributed by atoms with E-state index in [2.05, 4.69) is 15.9 Å². The van der Waals surface area contributed by atoms with Gasteiger partial charge in [-0.25, -0.2) is 0 Å². The van der Waals surface area contributed by atoms with Gasteiger partial charge in [0.15, 0.2) is 0 Å². The molecule has 94 valence electrons. The van der Waals surface area contributed by atoms with Gasteiger partial charge < -0.3 is 10.2 Å². The quantitative estimate of drug-likeness (QED) is 0.698. The van der Waals surface area contributed by atoms with Crippen LogP contribution < -0.4 is 5.73 Å². The summed E-state index contributed by atoms with van der Waals surface area (Å²) in [5.74, 6) is 0.267. The Bertz CT molecular complexity index is 695. The highest BCUT2D eigenvalue weighted by atomic mass is 79.9. The van der Waals surface area contributed by atoms with Crippen LogP contribution in [0.3, 0.4) is 0 Å². The van der Waals surface area contributed by atoms with Gasteiger partial charge in [0.2, 0.25) is 0 Å². The Balaban J connectivity index is 2.38. The molecule has 0 bridgehead atoms. The standard InChI is InChI=1S/C14H9BrN2O2/c15-12-4-2-1-3-11(12)13-6-5-10(19-13)7-9(8-16)14(17)18/h1-7H,(H2,17,18). The van der Waals surface area contributed by atoms with E-state index in [0.29, 0.717) is 11.5 Å². The highest BCUT2D eigenvalue weighted by Crippen LogP contribution is 2.29. The number of hydrogen-bond donors (Lipinski definition) is 1. The van der Waals surface area contributed by atoms with Crippen molar-refractivity contribution in [3.05, 3.63) is 52.2 Å². The lowest BCUT2D eigenvalue weighted by Gasteiger charge is -1.99. The fraction of sp³-hybridized carbons (Fsp3) is 0. The Morgan fingerprint density at radius 2 is 2.05 bits per heavy atom. The van der Waals surface area contributed by atoms with Crippen molar-refractivity contribution < 1.29 is 9.21 Å². The molecule has 2 aromatic rings. The minimum Gasteiger partial charge on any atom is -0.457 e. The summed E-state index contributed by atoms with van der Waals surface area (Å²) in [6, 6.07) is 12.8. The van der Waals surface area contributed by atoms with Gasteiger partial charge >= 0.3 is 0 Å². The van der Waals surface area contributed by atoms with Crippen LogP contribution in [0.5, 0.6) is 0 Å². The maximum atomic E-state index is 10.9. The van der Waals surface area contributed by atoms with Gasteiger partial charge in [0, 0.05) is 16.1 Å². The maximum absolute atomic E-state index is 10.9. The van der Waals surface area contributed by atoms with Gasteiger partial charge in [-0.2, -0.15) is 5.26 Å². The lowest BCUT2D eigenvalue weighted by Crippen LogP contribution is -2.12. The average molecular weight is 317 g/mol. The highest BCUT2D eigenvalue weighted by molar-refractivity contribution is 9.10. The second-order valence-electron chi connectivity index (χ2n) is 3.72. The van der Waals surface area contributed by atoms with Crippen LogP contribution in [-0.4, -0.2) is 5.91 Å². The normalized spacial score (nSPS) is 11.1. The molecule has 1 aromatic heterocycles. The van der Waals surface area contributed by atoms with Gasteiger partial charge in [-0.3, -0.25) is 4.79 Å². The lowest BCUT2D eigenvalue weighted by molar-refractivity contribution is -0.114. The Hall–Kier alpha value is -2.32. The number of nitrogens with two attached hydrogens (primary N) is 1. The fourth-order valence-corrected chi connectivity index (χ4v) is 2.02. The number of furan rings is 1. The first-order valence-electron chi connectivity index (χ1n) is 5.38. The summed E-state index contributed by atoms with van der Waals surface area (Å²) < 4.78 is 6.47. The van der Waals surface area contributed by atoms with Crippen molar-refractivity contribution in [2.24, 2.45) is 5.73 Å². The van der Waals surface area contributed by atoms with Crippen LogP contribution in [0, 0.1) is 11.3 Å². The average Bonchev–Trinajstić information content (AvgIpc) is 2.84. The molecule has 0 saturated heterocycles. The maximum Gasteiger partial charge on any atom is 0.259 e.